The van der Waals surface area contributed by atoms with Gasteiger partial charge in [0, 0.05) is 16.5 Å². The molecule has 3 aromatic carbocycles. The van der Waals surface area contributed by atoms with Crippen LogP contribution in [0.15, 0.2) is 96.4 Å². The Morgan fingerprint density at radius 1 is 0.769 bits per heavy atom. The number of nitrogens with one attached hydrogen (secondary N) is 1. The first-order valence-electron chi connectivity index (χ1n) is 8.24. The van der Waals surface area contributed by atoms with Gasteiger partial charge in [-0.05, 0) is 23.8 Å². The van der Waals surface area contributed by atoms with E-state index in [2.05, 4.69) is 11.6 Å². The summed E-state index contributed by atoms with van der Waals surface area (Å²) >= 11 is 0. The number of fused-ring (bicyclic) bond motifs is 1. The van der Waals surface area contributed by atoms with Crippen LogP contribution in [0.3, 0.4) is 0 Å². The van der Waals surface area contributed by atoms with E-state index in [0.717, 1.165) is 22.2 Å². The minimum atomic E-state index is -3.70. The van der Waals surface area contributed by atoms with Crippen LogP contribution in [0.4, 0.5) is 0 Å². The monoisotopic (exact) mass is 359 g/mol. The van der Waals surface area contributed by atoms with Crippen LogP contribution in [0.25, 0.3) is 27.1 Å². The molecule has 3 nitrogen and oxygen atoms in total. The summed E-state index contributed by atoms with van der Waals surface area (Å²) < 4.78 is 26.3. The second-order valence-corrected chi connectivity index (χ2v) is 8.00. The van der Waals surface area contributed by atoms with E-state index in [9.17, 15) is 8.42 Å². The Hall–Kier alpha value is -3.11. The predicted molar refractivity (Wildman–Crippen MR) is 106 cm³/mol. The molecule has 0 saturated heterocycles. The number of sulfone groups is 1. The normalized spacial score (nSPS) is 11.5. The highest BCUT2D eigenvalue weighted by atomic mass is 32.2. The molecule has 0 atom stereocenters. The molecule has 4 heteroatoms. The van der Waals surface area contributed by atoms with Crippen molar-refractivity contribution in [3.8, 4) is 11.3 Å². The lowest BCUT2D eigenvalue weighted by atomic mass is 10.1. The molecule has 0 aliphatic rings. The van der Waals surface area contributed by atoms with Crippen molar-refractivity contribution in [3.05, 3.63) is 97.1 Å². The van der Waals surface area contributed by atoms with E-state index in [4.69, 9.17) is 0 Å². The van der Waals surface area contributed by atoms with Gasteiger partial charge < -0.3 is 4.98 Å². The Labute approximate surface area is 152 Å². The zero-order valence-electron chi connectivity index (χ0n) is 14.0. The quantitative estimate of drug-likeness (QED) is 0.539. The third-order valence-electron chi connectivity index (χ3n) is 4.43. The molecular weight excluding hydrogens is 342 g/mol. The zero-order valence-corrected chi connectivity index (χ0v) is 14.8. The Morgan fingerprint density at radius 2 is 1.35 bits per heavy atom. The molecule has 26 heavy (non-hydrogen) atoms. The average Bonchev–Trinajstić information content (AvgIpc) is 3.08. The van der Waals surface area contributed by atoms with Gasteiger partial charge in [0.05, 0.1) is 15.5 Å². The van der Waals surface area contributed by atoms with Gasteiger partial charge >= 0.3 is 0 Å². The van der Waals surface area contributed by atoms with E-state index >= 15 is 0 Å². The minimum absolute atomic E-state index is 0.0972. The fourth-order valence-corrected chi connectivity index (χ4v) is 4.41. The maximum atomic E-state index is 13.1. The summed E-state index contributed by atoms with van der Waals surface area (Å²) in [6.45, 7) is 3.97. The topological polar surface area (TPSA) is 49.9 Å². The van der Waals surface area contributed by atoms with E-state index in [1.807, 2.05) is 54.6 Å². The number of hydrogen-bond donors (Lipinski definition) is 1. The molecule has 0 aliphatic carbocycles. The van der Waals surface area contributed by atoms with Gasteiger partial charge in [-0.25, -0.2) is 8.42 Å². The highest BCUT2D eigenvalue weighted by molar-refractivity contribution is 8.00. The van der Waals surface area contributed by atoms with Crippen molar-refractivity contribution in [2.75, 3.05) is 0 Å². The van der Waals surface area contributed by atoms with E-state index < -0.39 is 9.84 Å². The molecule has 0 aliphatic heterocycles. The highest BCUT2D eigenvalue weighted by Crippen LogP contribution is 2.38. The van der Waals surface area contributed by atoms with E-state index in [0.29, 0.717) is 5.56 Å². The van der Waals surface area contributed by atoms with Gasteiger partial charge in [0.2, 0.25) is 9.84 Å². The predicted octanol–water partition coefficient (Wildman–Crippen LogP) is 5.28. The molecule has 0 bridgehead atoms. The second-order valence-electron chi connectivity index (χ2n) is 6.03. The van der Waals surface area contributed by atoms with Crippen molar-refractivity contribution < 1.29 is 8.42 Å². The first-order chi connectivity index (χ1) is 12.6. The first-order valence-corrected chi connectivity index (χ1v) is 9.73. The molecule has 0 spiro atoms. The van der Waals surface area contributed by atoms with Crippen LogP contribution in [0, 0.1) is 0 Å². The molecule has 0 unspecified atom stereocenters. The molecule has 1 aromatic heterocycles. The average molecular weight is 359 g/mol. The third kappa shape index (κ3) is 2.65. The van der Waals surface area contributed by atoms with Crippen molar-refractivity contribution >= 4 is 25.6 Å². The molecule has 0 saturated carbocycles. The molecule has 1 N–H and O–H groups in total. The van der Waals surface area contributed by atoms with Gasteiger partial charge in [-0.1, -0.05) is 73.3 Å². The Balaban J connectivity index is 1.98. The summed E-state index contributed by atoms with van der Waals surface area (Å²) in [7, 11) is -3.70. The summed E-state index contributed by atoms with van der Waals surface area (Å²) in [5.41, 5.74) is 3.18. The van der Waals surface area contributed by atoms with E-state index in [-0.39, 0.29) is 9.80 Å². The lowest BCUT2D eigenvalue weighted by Crippen LogP contribution is -2.03. The van der Waals surface area contributed by atoms with Crippen molar-refractivity contribution in [2.45, 2.75) is 4.90 Å². The van der Waals surface area contributed by atoms with Gasteiger partial charge in [0.15, 0.2) is 0 Å². The van der Waals surface area contributed by atoms with Crippen molar-refractivity contribution in [3.63, 3.8) is 0 Å². The second kappa shape index (κ2) is 6.32. The number of aromatic amines is 1. The zero-order chi connectivity index (χ0) is 18.1. The number of hydrogen-bond acceptors (Lipinski definition) is 2. The van der Waals surface area contributed by atoms with Crippen LogP contribution in [-0.2, 0) is 9.84 Å². The fourth-order valence-electron chi connectivity index (χ4n) is 3.13. The number of aromatic nitrogens is 1. The molecule has 0 amide bonds. The summed E-state index contributed by atoms with van der Waals surface area (Å²) in [5, 5.41) is 0.843. The van der Waals surface area contributed by atoms with Gasteiger partial charge in [0.1, 0.15) is 0 Å². The lowest BCUT2D eigenvalue weighted by molar-refractivity contribution is 0.606. The summed E-state index contributed by atoms with van der Waals surface area (Å²) in [6, 6.07) is 25.8. The van der Waals surface area contributed by atoms with Gasteiger partial charge in [-0.3, -0.25) is 0 Å². The van der Waals surface area contributed by atoms with Crippen molar-refractivity contribution in [1.29, 1.82) is 0 Å². The van der Waals surface area contributed by atoms with E-state index in [1.165, 1.54) is 0 Å². The molecule has 0 fully saturated rings. The summed E-state index contributed by atoms with van der Waals surface area (Å²) in [4.78, 5) is 3.70. The standard InChI is InChI=1S/C22H17NO2S/c1-16(26(24,25)18-12-6-3-7-13-18)21-19-14-8-9-15-20(19)23-22(21)17-10-4-2-5-11-17/h2-15,23H,1H2. The Kier molecular flexibility index (Phi) is 3.98. The van der Waals surface area contributed by atoms with Crippen LogP contribution in [0.2, 0.25) is 0 Å². The molecule has 1 heterocycles. The van der Waals surface area contributed by atoms with Crippen LogP contribution in [0.1, 0.15) is 5.56 Å². The maximum absolute atomic E-state index is 13.1. The Bertz CT molecular complexity index is 1190. The number of benzene rings is 3. The minimum Gasteiger partial charge on any atom is -0.354 e. The van der Waals surface area contributed by atoms with Crippen LogP contribution in [-0.4, -0.2) is 13.4 Å². The molecular formula is C22H17NO2S. The largest absolute Gasteiger partial charge is 0.354 e. The lowest BCUT2D eigenvalue weighted by Gasteiger charge is -2.10. The van der Waals surface area contributed by atoms with E-state index in [1.54, 1.807) is 30.3 Å². The first kappa shape index (κ1) is 16.4. The van der Waals surface area contributed by atoms with Crippen LogP contribution < -0.4 is 0 Å². The number of H-pyrrole nitrogens is 1. The fraction of sp³-hybridized carbons (Fsp3) is 0. The molecule has 4 aromatic rings. The maximum Gasteiger partial charge on any atom is 0.206 e. The molecule has 4 rings (SSSR count). The van der Waals surface area contributed by atoms with Crippen molar-refractivity contribution in [2.24, 2.45) is 0 Å². The van der Waals surface area contributed by atoms with Gasteiger partial charge in [-0.15, -0.1) is 0 Å². The smallest absolute Gasteiger partial charge is 0.206 e. The number of rotatable bonds is 4. The van der Waals surface area contributed by atoms with Gasteiger partial charge in [0.25, 0.3) is 0 Å². The molecule has 0 radical (unpaired) electrons. The summed E-state index contributed by atoms with van der Waals surface area (Å²) in [5.74, 6) is 0. The SMILES string of the molecule is C=C(c1c(-c2ccccc2)[nH]c2ccccc12)S(=O)(=O)c1ccccc1. The third-order valence-corrected chi connectivity index (χ3v) is 6.17. The Morgan fingerprint density at radius 3 is 2.04 bits per heavy atom. The highest BCUT2D eigenvalue weighted by Gasteiger charge is 2.26. The van der Waals surface area contributed by atoms with Crippen molar-refractivity contribution in [1.82, 2.24) is 4.98 Å². The molecule has 128 valence electrons. The van der Waals surface area contributed by atoms with Crippen LogP contribution >= 0.6 is 0 Å². The number of para-hydroxylation sites is 1. The summed E-state index contributed by atoms with van der Waals surface area (Å²) in [6.07, 6.45) is 0. The van der Waals surface area contributed by atoms with Crippen LogP contribution in [0.5, 0.6) is 0 Å². The van der Waals surface area contributed by atoms with Gasteiger partial charge in [-0.2, -0.15) is 0 Å².